The minimum absolute atomic E-state index is 0.277. The average Bonchev–Trinajstić information content (AvgIpc) is 2.34. The smallest absolute Gasteiger partial charge is 0.115 e. The Balaban J connectivity index is 2.83. The van der Waals surface area contributed by atoms with Crippen LogP contribution in [0.2, 0.25) is 0 Å². The molecule has 0 unspecified atom stereocenters. The Morgan fingerprint density at radius 2 is 1.41 bits per heavy atom. The Hall–Kier alpha value is -0.980. The molecule has 1 nitrogen and oxygen atoms in total. The molecule has 0 saturated heterocycles. The van der Waals surface area contributed by atoms with Crippen molar-refractivity contribution in [2.45, 2.75) is 64.7 Å². The molecule has 0 atom stereocenters. The first-order chi connectivity index (χ1) is 8.12. The second kappa shape index (κ2) is 6.68. The Morgan fingerprint density at radius 3 is 1.82 bits per heavy atom. The van der Waals surface area contributed by atoms with E-state index in [1.54, 1.807) is 0 Å². The van der Waals surface area contributed by atoms with Gasteiger partial charge >= 0.3 is 0 Å². The Kier molecular flexibility index (Phi) is 5.54. The Bertz CT molecular complexity index is 305. The third-order valence-electron chi connectivity index (χ3n) is 3.73. The highest BCUT2D eigenvalue weighted by Crippen LogP contribution is 2.35. The lowest BCUT2D eigenvalue weighted by molar-refractivity contribution is 0.374. The fourth-order valence-corrected chi connectivity index (χ4v) is 2.41. The SMILES string of the molecule is CCCCC(C)(CCCC)c1ccc(O)cc1. The Labute approximate surface area is 106 Å². The largest absolute Gasteiger partial charge is 0.508 e. The van der Waals surface area contributed by atoms with Gasteiger partial charge in [0.15, 0.2) is 0 Å². The van der Waals surface area contributed by atoms with E-state index in [1.807, 2.05) is 12.1 Å². The molecule has 0 aliphatic rings. The summed E-state index contributed by atoms with van der Waals surface area (Å²) < 4.78 is 0. The number of hydrogen-bond acceptors (Lipinski definition) is 1. The van der Waals surface area contributed by atoms with E-state index in [0.29, 0.717) is 5.75 Å². The summed E-state index contributed by atoms with van der Waals surface area (Å²) in [7, 11) is 0. The molecule has 0 bridgehead atoms. The molecule has 0 saturated carbocycles. The van der Waals surface area contributed by atoms with Gasteiger partial charge in [0, 0.05) is 0 Å². The Morgan fingerprint density at radius 1 is 0.941 bits per heavy atom. The fourth-order valence-electron chi connectivity index (χ4n) is 2.41. The van der Waals surface area contributed by atoms with Crippen LogP contribution < -0.4 is 0 Å². The van der Waals surface area contributed by atoms with Crippen molar-refractivity contribution in [2.24, 2.45) is 0 Å². The molecule has 1 rings (SSSR count). The van der Waals surface area contributed by atoms with Gasteiger partial charge in [-0.15, -0.1) is 0 Å². The van der Waals surface area contributed by atoms with E-state index in [1.165, 1.54) is 44.1 Å². The predicted octanol–water partition coefficient (Wildman–Crippen LogP) is 5.03. The molecule has 96 valence electrons. The lowest BCUT2D eigenvalue weighted by Crippen LogP contribution is -2.21. The minimum Gasteiger partial charge on any atom is -0.508 e. The van der Waals surface area contributed by atoms with Crippen LogP contribution in [0, 0.1) is 0 Å². The van der Waals surface area contributed by atoms with Crippen molar-refractivity contribution in [3.05, 3.63) is 29.8 Å². The second-order valence-corrected chi connectivity index (χ2v) is 5.31. The maximum absolute atomic E-state index is 9.37. The van der Waals surface area contributed by atoms with Crippen LogP contribution in [0.5, 0.6) is 5.75 Å². The van der Waals surface area contributed by atoms with Crippen LogP contribution in [-0.4, -0.2) is 5.11 Å². The summed E-state index contributed by atoms with van der Waals surface area (Å²) >= 11 is 0. The highest BCUT2D eigenvalue weighted by Gasteiger charge is 2.25. The summed E-state index contributed by atoms with van der Waals surface area (Å²) in [5.41, 5.74) is 1.65. The number of phenols is 1. The van der Waals surface area contributed by atoms with Crippen LogP contribution in [-0.2, 0) is 5.41 Å². The first-order valence-electron chi connectivity index (χ1n) is 6.92. The number of hydrogen-bond donors (Lipinski definition) is 1. The number of aromatic hydroxyl groups is 1. The van der Waals surface area contributed by atoms with Crippen molar-refractivity contribution in [3.8, 4) is 5.75 Å². The third kappa shape index (κ3) is 4.07. The summed E-state index contributed by atoms with van der Waals surface area (Å²) in [6.45, 7) is 6.86. The quantitative estimate of drug-likeness (QED) is 0.701. The molecule has 0 aliphatic carbocycles. The van der Waals surface area contributed by atoms with Crippen molar-refractivity contribution in [2.75, 3.05) is 0 Å². The topological polar surface area (TPSA) is 20.2 Å². The van der Waals surface area contributed by atoms with E-state index in [0.717, 1.165) is 0 Å². The molecule has 0 radical (unpaired) electrons. The fraction of sp³-hybridized carbons (Fsp3) is 0.625. The highest BCUT2D eigenvalue weighted by molar-refractivity contribution is 5.31. The number of phenolic OH excluding ortho intramolecular Hbond substituents is 1. The van der Waals surface area contributed by atoms with E-state index < -0.39 is 0 Å². The van der Waals surface area contributed by atoms with Gasteiger partial charge in [0.1, 0.15) is 5.75 Å². The van der Waals surface area contributed by atoms with Gasteiger partial charge in [0.25, 0.3) is 0 Å². The molecule has 0 aliphatic heterocycles. The first-order valence-corrected chi connectivity index (χ1v) is 6.92. The first kappa shape index (κ1) is 14.1. The zero-order valence-electron chi connectivity index (χ0n) is 11.5. The van der Waals surface area contributed by atoms with Gasteiger partial charge < -0.3 is 5.11 Å². The van der Waals surface area contributed by atoms with Gasteiger partial charge in [0.2, 0.25) is 0 Å². The zero-order chi connectivity index (χ0) is 12.7. The minimum atomic E-state index is 0.277. The van der Waals surface area contributed by atoms with Crippen molar-refractivity contribution in [3.63, 3.8) is 0 Å². The van der Waals surface area contributed by atoms with Crippen molar-refractivity contribution < 1.29 is 5.11 Å². The van der Waals surface area contributed by atoms with Gasteiger partial charge in [-0.3, -0.25) is 0 Å². The summed E-state index contributed by atoms with van der Waals surface area (Å²) in [4.78, 5) is 0. The number of unbranched alkanes of at least 4 members (excludes halogenated alkanes) is 2. The van der Waals surface area contributed by atoms with Crippen LogP contribution in [0.15, 0.2) is 24.3 Å². The second-order valence-electron chi connectivity index (χ2n) is 5.31. The van der Waals surface area contributed by atoms with Crippen LogP contribution >= 0.6 is 0 Å². The molecule has 0 spiro atoms. The van der Waals surface area contributed by atoms with Crippen LogP contribution in [0.25, 0.3) is 0 Å². The molecule has 0 fully saturated rings. The standard InChI is InChI=1S/C16H26O/c1-4-6-12-16(3,13-7-5-2)14-8-10-15(17)11-9-14/h8-11,17H,4-7,12-13H2,1-3H3. The van der Waals surface area contributed by atoms with Gasteiger partial charge in [-0.2, -0.15) is 0 Å². The van der Waals surface area contributed by atoms with Gasteiger partial charge in [-0.1, -0.05) is 58.6 Å². The molecule has 0 heterocycles. The van der Waals surface area contributed by atoms with Crippen molar-refractivity contribution in [1.29, 1.82) is 0 Å². The summed E-state index contributed by atoms with van der Waals surface area (Å²) in [6.07, 6.45) is 7.55. The lowest BCUT2D eigenvalue weighted by atomic mass is 9.74. The molecule has 0 aromatic heterocycles. The van der Waals surface area contributed by atoms with E-state index in [4.69, 9.17) is 0 Å². The summed E-state index contributed by atoms with van der Waals surface area (Å²) in [5.74, 6) is 0.363. The average molecular weight is 234 g/mol. The van der Waals surface area contributed by atoms with E-state index >= 15 is 0 Å². The molecule has 1 heteroatoms. The summed E-state index contributed by atoms with van der Waals surface area (Å²) in [5, 5.41) is 9.37. The molecular formula is C16H26O. The summed E-state index contributed by atoms with van der Waals surface area (Å²) in [6, 6.07) is 7.79. The molecule has 1 N–H and O–H groups in total. The van der Waals surface area contributed by atoms with Crippen LogP contribution in [0.4, 0.5) is 0 Å². The zero-order valence-corrected chi connectivity index (χ0v) is 11.5. The van der Waals surface area contributed by atoms with Crippen molar-refractivity contribution >= 4 is 0 Å². The highest BCUT2D eigenvalue weighted by atomic mass is 16.3. The molecule has 0 amide bonds. The van der Waals surface area contributed by atoms with Gasteiger partial charge in [0.05, 0.1) is 0 Å². The number of rotatable bonds is 7. The van der Waals surface area contributed by atoms with Gasteiger partial charge in [-0.25, -0.2) is 0 Å². The molecule has 1 aromatic carbocycles. The van der Waals surface area contributed by atoms with E-state index in [2.05, 4.69) is 32.9 Å². The van der Waals surface area contributed by atoms with Crippen LogP contribution in [0.1, 0.15) is 64.9 Å². The van der Waals surface area contributed by atoms with Crippen molar-refractivity contribution in [1.82, 2.24) is 0 Å². The third-order valence-corrected chi connectivity index (χ3v) is 3.73. The maximum atomic E-state index is 9.37. The maximum Gasteiger partial charge on any atom is 0.115 e. The van der Waals surface area contributed by atoms with Gasteiger partial charge in [-0.05, 0) is 36.0 Å². The number of benzene rings is 1. The molecule has 17 heavy (non-hydrogen) atoms. The lowest BCUT2D eigenvalue weighted by Gasteiger charge is -2.30. The molecule has 1 aromatic rings. The normalized spacial score (nSPS) is 11.7. The van der Waals surface area contributed by atoms with Crippen LogP contribution in [0.3, 0.4) is 0 Å². The molecular weight excluding hydrogens is 208 g/mol. The monoisotopic (exact) mass is 234 g/mol. The predicted molar refractivity (Wildman–Crippen MR) is 74.5 cm³/mol. The van der Waals surface area contributed by atoms with E-state index in [-0.39, 0.29) is 5.41 Å². The van der Waals surface area contributed by atoms with E-state index in [9.17, 15) is 5.11 Å².